The molecular formula is C33H54N6O4S. The fourth-order valence-corrected chi connectivity index (χ4v) is 8.89. The molecule has 2 fully saturated rings. The molecule has 0 bridgehead atoms. The molecule has 2 saturated heterocycles. The van der Waals surface area contributed by atoms with Gasteiger partial charge >= 0.3 is 0 Å². The van der Waals surface area contributed by atoms with Gasteiger partial charge in [-0.1, -0.05) is 26.2 Å². The Morgan fingerprint density at radius 3 is 2.50 bits per heavy atom. The summed E-state index contributed by atoms with van der Waals surface area (Å²) in [5.74, 6) is 1.80. The van der Waals surface area contributed by atoms with Crippen LogP contribution < -0.4 is 14.8 Å². The molecule has 1 N–H and O–H groups in total. The summed E-state index contributed by atoms with van der Waals surface area (Å²) in [6, 6.07) is 5.04. The first-order valence-electron chi connectivity index (χ1n) is 16.3. The Labute approximate surface area is 265 Å². The standard InChI is InChI=1S/C33H54N6O4S/c1-7-8-13-33(37(4)5)14-19-38(20-15-33)21-17-34-24-30-35-16-12-31(36-30)43-25-28-11-9-10-18-39(28)44(40,41)32-26(2)22-29(42-6)23-27(32)3/h12,16,22-23,28,34H,7-11,13-15,17-21,24-25H2,1-6H3. The van der Waals surface area contributed by atoms with Crippen LogP contribution in [0.25, 0.3) is 0 Å². The number of aryl methyl sites for hydroxylation is 2. The number of nitrogens with one attached hydrogen (secondary N) is 1. The van der Waals surface area contributed by atoms with Crippen molar-refractivity contribution in [3.05, 3.63) is 41.3 Å². The third-order valence-electron chi connectivity index (χ3n) is 9.53. The van der Waals surface area contributed by atoms with E-state index in [9.17, 15) is 8.42 Å². The summed E-state index contributed by atoms with van der Waals surface area (Å²) in [5.41, 5.74) is 1.73. The number of hydrogen-bond acceptors (Lipinski definition) is 9. The monoisotopic (exact) mass is 630 g/mol. The lowest BCUT2D eigenvalue weighted by Gasteiger charge is -2.46. The van der Waals surface area contributed by atoms with E-state index < -0.39 is 10.0 Å². The number of ether oxygens (including phenoxy) is 2. The lowest BCUT2D eigenvalue weighted by Crippen LogP contribution is -2.53. The van der Waals surface area contributed by atoms with Crippen LogP contribution in [0, 0.1) is 13.8 Å². The number of nitrogens with zero attached hydrogens (tertiary/aromatic N) is 5. The van der Waals surface area contributed by atoms with Crippen LogP contribution in [0.1, 0.15) is 75.2 Å². The van der Waals surface area contributed by atoms with E-state index in [2.05, 4.69) is 46.1 Å². The molecule has 0 spiro atoms. The number of piperidine rings is 2. The maximum Gasteiger partial charge on any atom is 0.243 e. The van der Waals surface area contributed by atoms with Crippen molar-refractivity contribution in [3.8, 4) is 11.6 Å². The normalized spacial score (nSPS) is 19.8. The second-order valence-electron chi connectivity index (χ2n) is 12.7. The van der Waals surface area contributed by atoms with E-state index in [0.29, 0.717) is 52.1 Å². The van der Waals surface area contributed by atoms with Gasteiger partial charge in [-0.25, -0.2) is 13.4 Å². The van der Waals surface area contributed by atoms with Gasteiger partial charge in [0.15, 0.2) is 0 Å². The number of sulfonamides is 1. The smallest absolute Gasteiger partial charge is 0.243 e. The fraction of sp³-hybridized carbons (Fsp3) is 0.697. The summed E-state index contributed by atoms with van der Waals surface area (Å²) < 4.78 is 40.8. The van der Waals surface area contributed by atoms with Crippen molar-refractivity contribution in [2.24, 2.45) is 0 Å². The number of hydrogen-bond donors (Lipinski definition) is 1. The molecule has 10 nitrogen and oxygen atoms in total. The van der Waals surface area contributed by atoms with E-state index in [0.717, 1.165) is 45.4 Å². The maximum absolute atomic E-state index is 13.9. The zero-order valence-corrected chi connectivity index (χ0v) is 28.6. The Hall–Kier alpha value is -2.31. The molecule has 4 rings (SSSR count). The van der Waals surface area contributed by atoms with Crippen molar-refractivity contribution in [2.75, 3.05) is 60.5 Å². The van der Waals surface area contributed by atoms with Crippen LogP contribution in [0.5, 0.6) is 11.6 Å². The van der Waals surface area contributed by atoms with Gasteiger partial charge in [-0.2, -0.15) is 9.29 Å². The zero-order valence-electron chi connectivity index (χ0n) is 27.8. The summed E-state index contributed by atoms with van der Waals surface area (Å²) in [5, 5.41) is 3.49. The van der Waals surface area contributed by atoms with E-state index in [1.807, 2.05) is 13.8 Å². The van der Waals surface area contributed by atoms with Gasteiger partial charge in [0.2, 0.25) is 15.9 Å². The highest BCUT2D eigenvalue weighted by atomic mass is 32.2. The summed E-state index contributed by atoms with van der Waals surface area (Å²) in [6.07, 6.45) is 10.5. The predicted molar refractivity (Wildman–Crippen MR) is 175 cm³/mol. The highest BCUT2D eigenvalue weighted by Gasteiger charge is 2.37. The first-order chi connectivity index (χ1) is 21.1. The summed E-state index contributed by atoms with van der Waals surface area (Å²) in [4.78, 5) is 14.4. The third kappa shape index (κ3) is 8.48. The zero-order chi connectivity index (χ0) is 31.7. The molecule has 1 aromatic heterocycles. The average Bonchev–Trinajstić information content (AvgIpc) is 3.01. The van der Waals surface area contributed by atoms with Gasteiger partial charge in [0.25, 0.3) is 0 Å². The summed E-state index contributed by atoms with van der Waals surface area (Å²) in [7, 11) is 2.37. The molecule has 1 aromatic carbocycles. The summed E-state index contributed by atoms with van der Waals surface area (Å²) in [6.45, 7) is 11.4. The van der Waals surface area contributed by atoms with Gasteiger partial charge in [0.05, 0.1) is 24.6 Å². The SMILES string of the molecule is CCCCC1(N(C)C)CCN(CCNCc2nccc(OCC3CCCCN3S(=O)(=O)c3c(C)cc(OC)cc3C)n2)CC1. The van der Waals surface area contributed by atoms with E-state index in [-0.39, 0.29) is 12.6 Å². The van der Waals surface area contributed by atoms with E-state index in [4.69, 9.17) is 9.47 Å². The molecule has 0 saturated carbocycles. The second kappa shape index (κ2) is 15.8. The average molecular weight is 631 g/mol. The van der Waals surface area contributed by atoms with Gasteiger partial charge in [0.1, 0.15) is 18.2 Å². The van der Waals surface area contributed by atoms with Gasteiger partial charge in [0, 0.05) is 37.4 Å². The number of aromatic nitrogens is 2. The maximum atomic E-state index is 13.9. The quantitative estimate of drug-likeness (QED) is 0.287. The lowest BCUT2D eigenvalue weighted by atomic mass is 9.82. The first kappa shape index (κ1) is 34.6. The molecule has 2 aliphatic rings. The Bertz CT molecular complexity index is 1290. The van der Waals surface area contributed by atoms with Crippen LogP contribution in [0.3, 0.4) is 0 Å². The minimum atomic E-state index is -3.70. The molecule has 2 aromatic rings. The van der Waals surface area contributed by atoms with Crippen molar-refractivity contribution in [3.63, 3.8) is 0 Å². The Kier molecular flexibility index (Phi) is 12.4. The molecule has 2 aliphatic heterocycles. The highest BCUT2D eigenvalue weighted by molar-refractivity contribution is 7.89. The van der Waals surface area contributed by atoms with Crippen LogP contribution >= 0.6 is 0 Å². The largest absolute Gasteiger partial charge is 0.497 e. The number of methoxy groups -OCH3 is 1. The molecule has 1 unspecified atom stereocenters. The van der Waals surface area contributed by atoms with Crippen molar-refractivity contribution in [1.29, 1.82) is 0 Å². The van der Waals surface area contributed by atoms with Crippen molar-refractivity contribution >= 4 is 10.0 Å². The summed E-state index contributed by atoms with van der Waals surface area (Å²) >= 11 is 0. The first-order valence-corrected chi connectivity index (χ1v) is 17.8. The minimum absolute atomic E-state index is 0.249. The number of rotatable bonds is 15. The number of benzene rings is 1. The second-order valence-corrected chi connectivity index (χ2v) is 14.5. The van der Waals surface area contributed by atoms with Gasteiger partial charge in [-0.3, -0.25) is 0 Å². The van der Waals surface area contributed by atoms with Gasteiger partial charge in [-0.15, -0.1) is 0 Å². The number of unbranched alkanes of at least 4 members (excludes halogenated alkanes) is 1. The van der Waals surface area contributed by atoms with E-state index in [1.54, 1.807) is 35.8 Å². The topological polar surface area (TPSA) is 100 Å². The van der Waals surface area contributed by atoms with Crippen molar-refractivity contribution in [1.82, 2.24) is 29.4 Å². The van der Waals surface area contributed by atoms with Crippen LogP contribution in [0.4, 0.5) is 0 Å². The molecule has 0 radical (unpaired) electrons. The van der Waals surface area contributed by atoms with Crippen LogP contribution in [0.2, 0.25) is 0 Å². The lowest BCUT2D eigenvalue weighted by molar-refractivity contribution is 0.0477. The molecule has 1 atom stereocenters. The number of likely N-dealkylation sites (tertiary alicyclic amines) is 1. The molecule has 246 valence electrons. The minimum Gasteiger partial charge on any atom is -0.497 e. The van der Waals surface area contributed by atoms with Gasteiger partial charge in [-0.05, 0) is 96.4 Å². The Balaban J connectivity index is 1.28. The molecule has 0 aliphatic carbocycles. The van der Waals surface area contributed by atoms with Crippen LogP contribution in [-0.4, -0.2) is 105 Å². The van der Waals surface area contributed by atoms with E-state index >= 15 is 0 Å². The van der Waals surface area contributed by atoms with Crippen molar-refractivity contribution in [2.45, 2.75) is 95.2 Å². The molecule has 11 heteroatoms. The molecule has 3 heterocycles. The Morgan fingerprint density at radius 2 is 1.84 bits per heavy atom. The molecule has 44 heavy (non-hydrogen) atoms. The predicted octanol–water partition coefficient (Wildman–Crippen LogP) is 4.40. The van der Waals surface area contributed by atoms with Crippen LogP contribution in [-0.2, 0) is 16.6 Å². The third-order valence-corrected chi connectivity index (χ3v) is 11.8. The Morgan fingerprint density at radius 1 is 1.11 bits per heavy atom. The highest BCUT2D eigenvalue weighted by Crippen LogP contribution is 2.33. The van der Waals surface area contributed by atoms with Crippen molar-refractivity contribution < 1.29 is 17.9 Å². The molecule has 0 amide bonds. The fourth-order valence-electron chi connectivity index (χ4n) is 6.79. The van der Waals surface area contributed by atoms with E-state index in [1.165, 1.54) is 32.1 Å². The molecular weight excluding hydrogens is 576 g/mol. The van der Waals surface area contributed by atoms with Crippen LogP contribution in [0.15, 0.2) is 29.3 Å². The van der Waals surface area contributed by atoms with Gasteiger partial charge < -0.3 is 24.6 Å².